The minimum Gasteiger partial charge on any atom is -0.381 e. The van der Waals surface area contributed by atoms with Crippen molar-refractivity contribution in [1.29, 1.82) is 0 Å². The molecule has 0 aromatic heterocycles. The minimum atomic E-state index is 0. The second-order valence-electron chi connectivity index (χ2n) is 9.40. The second kappa shape index (κ2) is 9.52. The van der Waals surface area contributed by atoms with E-state index in [4.69, 9.17) is 9.73 Å². The molecular weight excluding hydrogens is 475 g/mol. The van der Waals surface area contributed by atoms with E-state index >= 15 is 0 Å². The lowest BCUT2D eigenvalue weighted by Crippen LogP contribution is -2.49. The third-order valence-electron chi connectivity index (χ3n) is 6.86. The van der Waals surface area contributed by atoms with Crippen LogP contribution in [0, 0.1) is 5.41 Å². The predicted octanol–water partition coefficient (Wildman–Crippen LogP) is 3.52. The van der Waals surface area contributed by atoms with Crippen LogP contribution in [0.15, 0.2) is 29.3 Å². The van der Waals surface area contributed by atoms with Crippen LogP contribution >= 0.6 is 24.0 Å². The summed E-state index contributed by atoms with van der Waals surface area (Å²) in [7, 11) is 0. The molecule has 3 aliphatic rings. The van der Waals surface area contributed by atoms with E-state index in [1.54, 1.807) is 0 Å². The number of guanidine groups is 1. The topological polar surface area (TPSA) is 40.1 Å². The molecule has 5 nitrogen and oxygen atoms in total. The third kappa shape index (κ3) is 5.07. The van der Waals surface area contributed by atoms with E-state index in [0.29, 0.717) is 5.41 Å². The first-order valence-electron chi connectivity index (χ1n) is 10.9. The summed E-state index contributed by atoms with van der Waals surface area (Å²) >= 11 is 0. The highest BCUT2D eigenvalue weighted by Gasteiger charge is 2.42. The van der Waals surface area contributed by atoms with E-state index in [2.05, 4.69) is 60.2 Å². The number of hydrogen-bond donors (Lipinski definition) is 1. The van der Waals surface area contributed by atoms with E-state index in [9.17, 15) is 0 Å². The van der Waals surface area contributed by atoms with Gasteiger partial charge in [0.05, 0.1) is 13.2 Å². The minimum absolute atomic E-state index is 0. The Morgan fingerprint density at radius 1 is 1.21 bits per heavy atom. The number of fused-ring (bicyclic) bond motifs is 1. The summed E-state index contributed by atoms with van der Waals surface area (Å²) in [6, 6.07) is 8.87. The van der Waals surface area contributed by atoms with Crippen LogP contribution in [0.25, 0.3) is 0 Å². The fourth-order valence-electron chi connectivity index (χ4n) is 4.89. The lowest BCUT2D eigenvalue weighted by molar-refractivity contribution is 0.111. The summed E-state index contributed by atoms with van der Waals surface area (Å²) < 4.78 is 5.70. The summed E-state index contributed by atoms with van der Waals surface area (Å²) in [6.45, 7) is 14.7. The van der Waals surface area contributed by atoms with Gasteiger partial charge in [-0.3, -0.25) is 9.89 Å². The van der Waals surface area contributed by atoms with Crippen LogP contribution in [-0.2, 0) is 17.7 Å². The fraction of sp³-hybridized carbons (Fsp3) is 0.696. The van der Waals surface area contributed by atoms with Gasteiger partial charge < -0.3 is 15.0 Å². The average molecular weight is 512 g/mol. The van der Waals surface area contributed by atoms with E-state index in [-0.39, 0.29) is 29.5 Å². The third-order valence-corrected chi connectivity index (χ3v) is 6.86. The number of hydrogen-bond acceptors (Lipinski definition) is 3. The van der Waals surface area contributed by atoms with Crippen molar-refractivity contribution in [2.45, 2.75) is 52.1 Å². The highest BCUT2D eigenvalue weighted by atomic mass is 127. The lowest BCUT2D eigenvalue weighted by Gasteiger charge is -2.41. The molecule has 1 aromatic rings. The number of nitrogens with zero attached hydrogens (tertiary/aromatic N) is 3. The van der Waals surface area contributed by atoms with Crippen molar-refractivity contribution >= 4 is 29.9 Å². The van der Waals surface area contributed by atoms with E-state index in [0.717, 1.165) is 64.9 Å². The van der Waals surface area contributed by atoms with Gasteiger partial charge in [-0.25, -0.2) is 0 Å². The highest BCUT2D eigenvalue weighted by molar-refractivity contribution is 14.0. The highest BCUT2D eigenvalue weighted by Crippen LogP contribution is 2.38. The molecule has 0 radical (unpaired) electrons. The van der Waals surface area contributed by atoms with Crippen LogP contribution in [0.3, 0.4) is 0 Å². The van der Waals surface area contributed by atoms with Crippen LogP contribution < -0.4 is 5.32 Å². The number of benzene rings is 1. The summed E-state index contributed by atoms with van der Waals surface area (Å²) in [5.41, 5.74) is 3.39. The Balaban J connectivity index is 0.00000240. The van der Waals surface area contributed by atoms with E-state index < -0.39 is 0 Å². The molecule has 1 aromatic carbocycles. The van der Waals surface area contributed by atoms with Gasteiger partial charge in [0.15, 0.2) is 5.96 Å². The van der Waals surface area contributed by atoms with Gasteiger partial charge in [-0.1, -0.05) is 24.3 Å². The maximum absolute atomic E-state index is 5.70. The Morgan fingerprint density at radius 3 is 2.72 bits per heavy atom. The molecule has 3 aliphatic heterocycles. The first kappa shape index (κ1) is 22.8. The van der Waals surface area contributed by atoms with Gasteiger partial charge in [-0.2, -0.15) is 0 Å². The van der Waals surface area contributed by atoms with Crippen molar-refractivity contribution in [2.75, 3.05) is 45.9 Å². The quantitative estimate of drug-likeness (QED) is 0.381. The SMILES string of the molecule is CCNC(=NCC(C)(C)N1CCc2ccccc2C1)N1CCC2(CCOC2)C1.I. The molecule has 1 spiro atoms. The van der Waals surface area contributed by atoms with Crippen LogP contribution in [0.5, 0.6) is 0 Å². The van der Waals surface area contributed by atoms with Gasteiger partial charge in [-0.15, -0.1) is 24.0 Å². The average Bonchev–Trinajstić information content (AvgIpc) is 3.34. The Labute approximate surface area is 193 Å². The molecule has 1 unspecified atom stereocenters. The summed E-state index contributed by atoms with van der Waals surface area (Å²) in [6.07, 6.45) is 3.56. The molecule has 2 saturated heterocycles. The van der Waals surface area contributed by atoms with Crippen LogP contribution in [0.2, 0.25) is 0 Å². The Hall–Kier alpha value is -0.860. The zero-order valence-electron chi connectivity index (χ0n) is 18.2. The van der Waals surface area contributed by atoms with Crippen molar-refractivity contribution in [2.24, 2.45) is 10.4 Å². The first-order chi connectivity index (χ1) is 13.5. The van der Waals surface area contributed by atoms with Crippen LogP contribution in [0.4, 0.5) is 0 Å². The smallest absolute Gasteiger partial charge is 0.194 e. The van der Waals surface area contributed by atoms with Gasteiger partial charge in [0, 0.05) is 50.3 Å². The molecule has 1 atom stereocenters. The Kier molecular flexibility index (Phi) is 7.49. The maximum atomic E-state index is 5.70. The summed E-state index contributed by atoms with van der Waals surface area (Å²) in [5, 5.41) is 3.54. The van der Waals surface area contributed by atoms with Crippen molar-refractivity contribution in [3.63, 3.8) is 0 Å². The van der Waals surface area contributed by atoms with Crippen molar-refractivity contribution in [3.05, 3.63) is 35.4 Å². The molecule has 4 rings (SSSR count). The number of likely N-dealkylation sites (tertiary alicyclic amines) is 1. The van der Waals surface area contributed by atoms with Crippen molar-refractivity contribution in [1.82, 2.24) is 15.1 Å². The molecule has 1 N–H and O–H groups in total. The number of halogens is 1. The zero-order valence-corrected chi connectivity index (χ0v) is 20.6. The van der Waals surface area contributed by atoms with Gasteiger partial charge in [-0.05, 0) is 51.2 Å². The normalized spacial score (nSPS) is 25.2. The molecule has 0 amide bonds. The molecule has 29 heavy (non-hydrogen) atoms. The van der Waals surface area contributed by atoms with Gasteiger partial charge in [0.25, 0.3) is 0 Å². The van der Waals surface area contributed by atoms with Gasteiger partial charge in [0.1, 0.15) is 0 Å². The molecule has 3 heterocycles. The van der Waals surface area contributed by atoms with Gasteiger partial charge >= 0.3 is 0 Å². The maximum Gasteiger partial charge on any atom is 0.194 e. The van der Waals surface area contributed by atoms with E-state index in [1.165, 1.54) is 24.0 Å². The largest absolute Gasteiger partial charge is 0.381 e. The standard InChI is InChI=1S/C23H36N4O.HI/c1-4-24-21(26-13-10-23(17-26)11-14-28-18-23)25-16-22(2,3)27-12-9-19-7-5-6-8-20(19)15-27;/h5-8H,4,9-18H2,1-3H3,(H,24,25);1H. The summed E-state index contributed by atoms with van der Waals surface area (Å²) in [4.78, 5) is 10.2. The molecule has 162 valence electrons. The number of aliphatic imine (C=N–C) groups is 1. The van der Waals surface area contributed by atoms with Crippen molar-refractivity contribution < 1.29 is 4.74 Å². The molecule has 2 fully saturated rings. The monoisotopic (exact) mass is 512 g/mol. The lowest BCUT2D eigenvalue weighted by atomic mass is 9.87. The molecule has 6 heteroatoms. The predicted molar refractivity (Wildman–Crippen MR) is 130 cm³/mol. The van der Waals surface area contributed by atoms with Gasteiger partial charge in [0.2, 0.25) is 0 Å². The molecule has 0 aliphatic carbocycles. The molecule has 0 bridgehead atoms. The fourth-order valence-corrected chi connectivity index (χ4v) is 4.89. The Morgan fingerprint density at radius 2 is 2.00 bits per heavy atom. The van der Waals surface area contributed by atoms with Crippen molar-refractivity contribution in [3.8, 4) is 0 Å². The van der Waals surface area contributed by atoms with E-state index in [1.807, 2.05) is 0 Å². The van der Waals surface area contributed by atoms with Crippen LogP contribution in [-0.4, -0.2) is 67.2 Å². The van der Waals surface area contributed by atoms with Crippen LogP contribution in [0.1, 0.15) is 44.7 Å². The Bertz CT molecular complexity index is 715. The number of rotatable bonds is 4. The molecule has 0 saturated carbocycles. The number of ether oxygens (including phenoxy) is 1. The number of nitrogens with one attached hydrogen (secondary N) is 1. The first-order valence-corrected chi connectivity index (χ1v) is 10.9. The zero-order chi connectivity index (χ0) is 19.6. The summed E-state index contributed by atoms with van der Waals surface area (Å²) in [5.74, 6) is 1.08. The molecular formula is C23H37IN4O. The second-order valence-corrected chi connectivity index (χ2v) is 9.40.